The summed E-state index contributed by atoms with van der Waals surface area (Å²) < 4.78 is 5.68. The molecule has 0 aliphatic heterocycles. The van der Waals surface area contributed by atoms with Crippen molar-refractivity contribution in [3.8, 4) is 0 Å². The highest BCUT2D eigenvalue weighted by atomic mass is 16.5. The Kier molecular flexibility index (Phi) is 7.09. The Morgan fingerprint density at radius 2 is 1.93 bits per heavy atom. The summed E-state index contributed by atoms with van der Waals surface area (Å²) in [6.45, 7) is 9.01. The van der Waals surface area contributed by atoms with Crippen LogP contribution in [0.3, 0.4) is 0 Å². The van der Waals surface area contributed by atoms with Gasteiger partial charge in [-0.15, -0.1) is 0 Å². The summed E-state index contributed by atoms with van der Waals surface area (Å²) in [5.74, 6) is 0.277. The molecule has 0 saturated carbocycles. The maximum atomic E-state index is 8.61. The molecule has 4 heteroatoms. The lowest BCUT2D eigenvalue weighted by Crippen LogP contribution is -2.49. The molecule has 0 saturated heterocycles. The lowest BCUT2D eigenvalue weighted by Gasteiger charge is -2.32. The van der Waals surface area contributed by atoms with Gasteiger partial charge in [-0.1, -0.05) is 13.8 Å². The highest BCUT2D eigenvalue weighted by Gasteiger charge is 2.25. The fourth-order valence-electron chi connectivity index (χ4n) is 1.10. The minimum absolute atomic E-state index is 0.0545. The molecule has 0 spiro atoms. The first kappa shape index (κ1) is 14.8. The van der Waals surface area contributed by atoms with Gasteiger partial charge in [-0.3, -0.25) is 5.32 Å². The lowest BCUT2D eigenvalue weighted by atomic mass is 10.0. The number of rotatable bonds is 8. The fourth-order valence-corrected chi connectivity index (χ4v) is 1.10. The summed E-state index contributed by atoms with van der Waals surface area (Å²) in [4.78, 5) is 0. The van der Waals surface area contributed by atoms with E-state index in [1.54, 1.807) is 0 Å². The lowest BCUT2D eigenvalue weighted by molar-refractivity contribution is -0.110. The molecular formula is C11H26N2O2. The number of unbranched alkanes of at least 4 members (excludes halogenated alkanes) is 1. The Morgan fingerprint density at radius 1 is 1.33 bits per heavy atom. The smallest absolute Gasteiger partial charge is 0.118 e. The van der Waals surface area contributed by atoms with Gasteiger partial charge in [0.25, 0.3) is 0 Å². The Morgan fingerprint density at radius 3 is 2.40 bits per heavy atom. The average molecular weight is 218 g/mol. The molecule has 0 amide bonds. The minimum atomic E-state index is -0.594. The van der Waals surface area contributed by atoms with Gasteiger partial charge in [-0.05, 0) is 39.2 Å². The van der Waals surface area contributed by atoms with Gasteiger partial charge < -0.3 is 15.6 Å². The molecule has 0 heterocycles. The van der Waals surface area contributed by atoms with E-state index in [1.165, 1.54) is 0 Å². The first-order valence-electron chi connectivity index (χ1n) is 5.71. The summed E-state index contributed by atoms with van der Waals surface area (Å²) in [6, 6.07) is 0. The molecule has 0 aromatic rings. The van der Waals surface area contributed by atoms with Crippen LogP contribution in [0.2, 0.25) is 0 Å². The number of aliphatic hydroxyl groups is 1. The molecule has 0 aliphatic carbocycles. The van der Waals surface area contributed by atoms with E-state index < -0.39 is 5.72 Å². The third-order valence-electron chi connectivity index (χ3n) is 2.59. The first-order valence-corrected chi connectivity index (χ1v) is 5.71. The standard InChI is InChI=1S/C11H26N2O2/c1-9(2)11(4,12)15-10(3)13-7-5-6-8-14/h9-10,13-14H,5-8,12H2,1-4H3. The second-order valence-electron chi connectivity index (χ2n) is 4.48. The van der Waals surface area contributed by atoms with Gasteiger partial charge in [0, 0.05) is 6.61 Å². The highest BCUT2D eigenvalue weighted by molar-refractivity contribution is 4.72. The van der Waals surface area contributed by atoms with Crippen LogP contribution in [0, 0.1) is 5.92 Å². The number of nitrogens with two attached hydrogens (primary N) is 1. The van der Waals surface area contributed by atoms with Crippen LogP contribution in [0.1, 0.15) is 40.5 Å². The van der Waals surface area contributed by atoms with Crippen molar-refractivity contribution in [2.24, 2.45) is 11.7 Å². The average Bonchev–Trinajstić information content (AvgIpc) is 2.11. The Labute approximate surface area is 93.2 Å². The van der Waals surface area contributed by atoms with Crippen LogP contribution in [0.4, 0.5) is 0 Å². The third kappa shape index (κ3) is 6.84. The zero-order valence-corrected chi connectivity index (χ0v) is 10.4. The zero-order valence-electron chi connectivity index (χ0n) is 10.4. The van der Waals surface area contributed by atoms with E-state index in [0.717, 1.165) is 19.4 Å². The molecule has 2 atom stereocenters. The quantitative estimate of drug-likeness (QED) is 0.421. The van der Waals surface area contributed by atoms with Crippen molar-refractivity contribution in [1.82, 2.24) is 5.32 Å². The summed E-state index contributed by atoms with van der Waals surface area (Å²) in [7, 11) is 0. The Bertz CT molecular complexity index is 161. The number of nitrogens with one attached hydrogen (secondary N) is 1. The number of hydrogen-bond donors (Lipinski definition) is 3. The van der Waals surface area contributed by atoms with E-state index in [4.69, 9.17) is 15.6 Å². The van der Waals surface area contributed by atoms with Crippen LogP contribution in [-0.4, -0.2) is 30.2 Å². The zero-order chi connectivity index (χ0) is 11.9. The molecule has 4 nitrogen and oxygen atoms in total. The molecule has 0 aromatic carbocycles. The second-order valence-corrected chi connectivity index (χ2v) is 4.48. The fraction of sp³-hybridized carbons (Fsp3) is 1.00. The van der Waals surface area contributed by atoms with Crippen LogP contribution < -0.4 is 11.1 Å². The number of aliphatic hydroxyl groups excluding tert-OH is 1. The summed E-state index contributed by atoms with van der Waals surface area (Å²) in [5.41, 5.74) is 5.39. The molecule has 2 unspecified atom stereocenters. The summed E-state index contributed by atoms with van der Waals surface area (Å²) in [6.07, 6.45) is 1.72. The van der Waals surface area contributed by atoms with Crippen molar-refractivity contribution in [1.29, 1.82) is 0 Å². The van der Waals surface area contributed by atoms with Crippen LogP contribution in [-0.2, 0) is 4.74 Å². The van der Waals surface area contributed by atoms with E-state index in [0.29, 0.717) is 0 Å². The molecular weight excluding hydrogens is 192 g/mol. The molecule has 4 N–H and O–H groups in total. The normalized spacial score (nSPS) is 17.8. The Hall–Kier alpha value is -0.160. The van der Waals surface area contributed by atoms with Crippen molar-refractivity contribution >= 4 is 0 Å². The summed E-state index contributed by atoms with van der Waals surface area (Å²) in [5, 5.41) is 11.8. The Balaban J connectivity index is 3.68. The molecule has 0 radical (unpaired) electrons. The molecule has 0 aliphatic rings. The highest BCUT2D eigenvalue weighted by Crippen LogP contribution is 2.15. The van der Waals surface area contributed by atoms with Crippen LogP contribution >= 0.6 is 0 Å². The second kappa shape index (κ2) is 7.17. The SMILES string of the molecule is CC(NCCCCO)OC(C)(N)C(C)C. The largest absolute Gasteiger partial charge is 0.396 e. The third-order valence-corrected chi connectivity index (χ3v) is 2.59. The van der Waals surface area contributed by atoms with Gasteiger partial charge in [0.2, 0.25) is 0 Å². The first-order chi connectivity index (χ1) is 6.90. The van der Waals surface area contributed by atoms with E-state index in [-0.39, 0.29) is 18.8 Å². The molecule has 92 valence electrons. The van der Waals surface area contributed by atoms with Crippen molar-refractivity contribution in [2.75, 3.05) is 13.2 Å². The number of ether oxygens (including phenoxy) is 1. The van der Waals surface area contributed by atoms with Gasteiger partial charge in [-0.25, -0.2) is 0 Å². The topological polar surface area (TPSA) is 67.5 Å². The maximum absolute atomic E-state index is 8.61. The van der Waals surface area contributed by atoms with Gasteiger partial charge in [0.1, 0.15) is 12.0 Å². The van der Waals surface area contributed by atoms with E-state index in [1.807, 2.05) is 27.7 Å². The van der Waals surface area contributed by atoms with Gasteiger partial charge >= 0.3 is 0 Å². The van der Waals surface area contributed by atoms with Gasteiger partial charge in [0.05, 0.1) is 0 Å². The predicted molar refractivity (Wildman–Crippen MR) is 62.3 cm³/mol. The van der Waals surface area contributed by atoms with E-state index >= 15 is 0 Å². The van der Waals surface area contributed by atoms with Crippen LogP contribution in [0.25, 0.3) is 0 Å². The van der Waals surface area contributed by atoms with Crippen molar-refractivity contribution in [3.05, 3.63) is 0 Å². The van der Waals surface area contributed by atoms with Crippen LogP contribution in [0.15, 0.2) is 0 Å². The van der Waals surface area contributed by atoms with Crippen molar-refractivity contribution in [2.45, 2.75) is 52.5 Å². The van der Waals surface area contributed by atoms with E-state index in [2.05, 4.69) is 5.32 Å². The molecule has 0 rings (SSSR count). The van der Waals surface area contributed by atoms with E-state index in [9.17, 15) is 0 Å². The molecule has 0 fully saturated rings. The predicted octanol–water partition coefficient (Wildman–Crippen LogP) is 1.04. The van der Waals surface area contributed by atoms with Crippen LogP contribution in [0.5, 0.6) is 0 Å². The van der Waals surface area contributed by atoms with Crippen molar-refractivity contribution < 1.29 is 9.84 Å². The molecule has 15 heavy (non-hydrogen) atoms. The monoisotopic (exact) mass is 218 g/mol. The summed E-state index contributed by atoms with van der Waals surface area (Å²) >= 11 is 0. The number of hydrogen-bond acceptors (Lipinski definition) is 4. The maximum Gasteiger partial charge on any atom is 0.118 e. The van der Waals surface area contributed by atoms with Gasteiger partial charge in [0.15, 0.2) is 0 Å². The van der Waals surface area contributed by atoms with Gasteiger partial charge in [-0.2, -0.15) is 0 Å². The molecule has 0 aromatic heterocycles. The molecule has 0 bridgehead atoms. The minimum Gasteiger partial charge on any atom is -0.396 e. The van der Waals surface area contributed by atoms with Crippen molar-refractivity contribution in [3.63, 3.8) is 0 Å².